The van der Waals surface area contributed by atoms with E-state index >= 15 is 0 Å². The van der Waals surface area contributed by atoms with Gasteiger partial charge in [0, 0.05) is 0 Å². The van der Waals surface area contributed by atoms with Crippen LogP contribution in [-0.4, -0.2) is 41.1 Å². The molecule has 3 rings (SSSR count). The van der Waals surface area contributed by atoms with Gasteiger partial charge in [0.25, 0.3) is 5.91 Å². The molecule has 2 aromatic rings. The number of carboxylic acids is 1. The number of carbonyl (C=O) groups excluding carboxylic acids is 2. The Labute approximate surface area is 185 Å². The third kappa shape index (κ3) is 5.40. The minimum absolute atomic E-state index is 0.0550. The second-order valence-electron chi connectivity index (χ2n) is 6.45. The fraction of sp³-hybridized carbons (Fsp3) is 0.190. The zero-order chi connectivity index (χ0) is 22.5. The van der Waals surface area contributed by atoms with Gasteiger partial charge in [0.1, 0.15) is 24.7 Å². The molecule has 8 nitrogen and oxygen atoms in total. The van der Waals surface area contributed by atoms with Crippen LogP contribution < -0.4 is 14.8 Å². The maximum absolute atomic E-state index is 13.1. The van der Waals surface area contributed by atoms with Gasteiger partial charge in [0.15, 0.2) is 11.5 Å². The highest BCUT2D eigenvalue weighted by atomic mass is 79.9. The predicted octanol–water partition coefficient (Wildman–Crippen LogP) is 3.54. The molecule has 1 heterocycles. The molecular formula is C21H18BrFN2O6. The molecule has 2 aromatic carbocycles. The molecule has 0 unspecified atom stereocenters. The average Bonchev–Trinajstić information content (AvgIpc) is 2.96. The number of urea groups is 1. The Morgan fingerprint density at radius 2 is 1.94 bits per heavy atom. The number of hydrogen-bond acceptors (Lipinski definition) is 5. The smallest absolute Gasteiger partial charge is 0.329 e. The number of rotatable bonds is 8. The summed E-state index contributed by atoms with van der Waals surface area (Å²) < 4.78 is 25.1. The molecule has 0 atom stereocenters. The number of carboxylic acid groups (broad SMARTS) is 1. The normalized spacial score (nSPS) is 14.7. The van der Waals surface area contributed by atoms with Crippen LogP contribution in [0.3, 0.4) is 0 Å². The molecule has 0 spiro atoms. The van der Waals surface area contributed by atoms with E-state index in [1.54, 1.807) is 31.2 Å². The Balaban J connectivity index is 1.85. The molecule has 3 amide bonds. The number of carbonyl (C=O) groups is 3. The monoisotopic (exact) mass is 492 g/mol. The van der Waals surface area contributed by atoms with E-state index in [4.69, 9.17) is 14.6 Å². The number of aliphatic carboxylic acids is 1. The number of nitrogens with zero attached hydrogens (tertiary/aromatic N) is 1. The maximum atomic E-state index is 13.1. The standard InChI is InChI=1S/C21H18BrFN2O6/c1-2-30-17-9-13(8-16-20(28)25(10-18(26)27)21(29)24-16)7-15(22)19(17)31-11-12-3-5-14(23)6-4-12/h3-9H,2,10-11H2,1H3,(H,24,29)(H,26,27)/b16-8+. The minimum atomic E-state index is -1.30. The van der Waals surface area contributed by atoms with Gasteiger partial charge in [0.05, 0.1) is 11.1 Å². The van der Waals surface area contributed by atoms with Crippen LogP contribution in [-0.2, 0) is 16.2 Å². The average molecular weight is 493 g/mol. The van der Waals surface area contributed by atoms with Gasteiger partial charge in [-0.15, -0.1) is 0 Å². The van der Waals surface area contributed by atoms with Crippen molar-refractivity contribution in [3.05, 3.63) is 63.5 Å². The second kappa shape index (κ2) is 9.61. The lowest BCUT2D eigenvalue weighted by atomic mass is 10.1. The fourth-order valence-electron chi connectivity index (χ4n) is 2.83. The maximum Gasteiger partial charge on any atom is 0.329 e. The second-order valence-corrected chi connectivity index (χ2v) is 7.31. The van der Waals surface area contributed by atoms with Crippen LogP contribution in [0.5, 0.6) is 11.5 Å². The molecule has 0 bridgehead atoms. The summed E-state index contributed by atoms with van der Waals surface area (Å²) >= 11 is 3.42. The van der Waals surface area contributed by atoms with Crippen molar-refractivity contribution in [3.63, 3.8) is 0 Å². The van der Waals surface area contributed by atoms with Gasteiger partial charge in [-0.2, -0.15) is 0 Å². The van der Waals surface area contributed by atoms with E-state index in [2.05, 4.69) is 21.2 Å². The number of ether oxygens (including phenoxy) is 2. The summed E-state index contributed by atoms with van der Waals surface area (Å²) in [6.07, 6.45) is 1.42. The van der Waals surface area contributed by atoms with Crippen molar-refractivity contribution in [2.75, 3.05) is 13.2 Å². The number of imide groups is 1. The molecule has 0 saturated carbocycles. The van der Waals surface area contributed by atoms with Crippen molar-refractivity contribution >= 4 is 39.9 Å². The third-order valence-corrected chi connectivity index (χ3v) is 4.78. The van der Waals surface area contributed by atoms with Crippen molar-refractivity contribution in [1.82, 2.24) is 10.2 Å². The lowest BCUT2D eigenvalue weighted by molar-refractivity contribution is -0.140. The van der Waals surface area contributed by atoms with Gasteiger partial charge in [-0.25, -0.2) is 14.1 Å². The lowest BCUT2D eigenvalue weighted by Crippen LogP contribution is -2.35. The van der Waals surface area contributed by atoms with E-state index in [0.717, 1.165) is 5.56 Å². The van der Waals surface area contributed by atoms with Crippen molar-refractivity contribution < 1.29 is 33.4 Å². The summed E-state index contributed by atoms with van der Waals surface area (Å²) in [6, 6.07) is 8.39. The van der Waals surface area contributed by atoms with E-state index in [1.807, 2.05) is 0 Å². The van der Waals surface area contributed by atoms with Gasteiger partial charge in [-0.3, -0.25) is 9.59 Å². The molecule has 1 fully saturated rings. The molecule has 1 aliphatic heterocycles. The number of hydrogen-bond donors (Lipinski definition) is 2. The number of amides is 3. The first kappa shape index (κ1) is 22.3. The zero-order valence-corrected chi connectivity index (χ0v) is 17.9. The molecular weight excluding hydrogens is 475 g/mol. The number of benzene rings is 2. The summed E-state index contributed by atoms with van der Waals surface area (Å²) in [5.41, 5.74) is 1.23. The molecule has 0 radical (unpaired) electrons. The Morgan fingerprint density at radius 3 is 2.58 bits per heavy atom. The largest absolute Gasteiger partial charge is 0.490 e. The molecule has 31 heavy (non-hydrogen) atoms. The van der Waals surface area contributed by atoms with Crippen molar-refractivity contribution in [1.29, 1.82) is 0 Å². The van der Waals surface area contributed by atoms with E-state index in [0.29, 0.717) is 33.0 Å². The van der Waals surface area contributed by atoms with Gasteiger partial charge in [-0.05, 0) is 64.3 Å². The molecule has 1 aliphatic rings. The summed E-state index contributed by atoms with van der Waals surface area (Å²) in [5.74, 6) is -1.56. The molecule has 2 N–H and O–H groups in total. The fourth-order valence-corrected chi connectivity index (χ4v) is 3.40. The molecule has 0 aromatic heterocycles. The number of nitrogens with one attached hydrogen (secondary N) is 1. The summed E-state index contributed by atoms with van der Waals surface area (Å²) in [6.45, 7) is 1.60. The van der Waals surface area contributed by atoms with Gasteiger partial charge in [-0.1, -0.05) is 12.1 Å². The van der Waals surface area contributed by atoms with Gasteiger partial charge in [0.2, 0.25) is 0 Å². The zero-order valence-electron chi connectivity index (χ0n) is 16.4. The summed E-state index contributed by atoms with van der Waals surface area (Å²) in [5, 5.41) is 11.2. The summed E-state index contributed by atoms with van der Waals surface area (Å²) in [7, 11) is 0. The van der Waals surface area contributed by atoms with Crippen LogP contribution in [0.15, 0.2) is 46.6 Å². The van der Waals surface area contributed by atoms with Crippen molar-refractivity contribution in [2.24, 2.45) is 0 Å². The van der Waals surface area contributed by atoms with Crippen LogP contribution in [0.4, 0.5) is 9.18 Å². The SMILES string of the molecule is CCOc1cc(/C=C2/NC(=O)N(CC(=O)O)C2=O)cc(Br)c1OCc1ccc(F)cc1. The predicted molar refractivity (Wildman–Crippen MR) is 112 cm³/mol. The van der Waals surface area contributed by atoms with Gasteiger partial charge < -0.3 is 19.9 Å². The minimum Gasteiger partial charge on any atom is -0.490 e. The van der Waals surface area contributed by atoms with Crippen LogP contribution in [0.25, 0.3) is 6.08 Å². The number of halogens is 2. The van der Waals surface area contributed by atoms with Crippen molar-refractivity contribution in [3.8, 4) is 11.5 Å². The highest BCUT2D eigenvalue weighted by Crippen LogP contribution is 2.38. The summed E-state index contributed by atoms with van der Waals surface area (Å²) in [4.78, 5) is 35.6. The highest BCUT2D eigenvalue weighted by Gasteiger charge is 2.34. The van der Waals surface area contributed by atoms with Gasteiger partial charge >= 0.3 is 12.0 Å². The Morgan fingerprint density at radius 1 is 1.23 bits per heavy atom. The third-order valence-electron chi connectivity index (χ3n) is 4.19. The first-order valence-electron chi connectivity index (χ1n) is 9.18. The Bertz CT molecular complexity index is 1050. The van der Waals surface area contributed by atoms with Crippen LogP contribution in [0, 0.1) is 5.82 Å². The van der Waals surface area contributed by atoms with Crippen LogP contribution in [0.1, 0.15) is 18.1 Å². The topological polar surface area (TPSA) is 105 Å². The van der Waals surface area contributed by atoms with Crippen molar-refractivity contribution in [2.45, 2.75) is 13.5 Å². The van der Waals surface area contributed by atoms with Crippen LogP contribution in [0.2, 0.25) is 0 Å². The molecule has 0 aliphatic carbocycles. The van der Waals surface area contributed by atoms with E-state index < -0.39 is 24.5 Å². The Hall–Kier alpha value is -3.40. The van der Waals surface area contributed by atoms with E-state index in [1.165, 1.54) is 18.2 Å². The van der Waals surface area contributed by atoms with E-state index in [9.17, 15) is 18.8 Å². The quantitative estimate of drug-likeness (QED) is 0.431. The van der Waals surface area contributed by atoms with Crippen LogP contribution >= 0.6 is 15.9 Å². The molecule has 162 valence electrons. The Kier molecular flexibility index (Phi) is 6.91. The lowest BCUT2D eigenvalue weighted by Gasteiger charge is -2.15. The first-order chi connectivity index (χ1) is 14.8. The first-order valence-corrected chi connectivity index (χ1v) is 9.97. The van der Waals surface area contributed by atoms with E-state index in [-0.39, 0.29) is 18.1 Å². The molecule has 1 saturated heterocycles. The highest BCUT2D eigenvalue weighted by molar-refractivity contribution is 9.10. The molecule has 10 heteroatoms.